The second kappa shape index (κ2) is 6.81. The summed E-state index contributed by atoms with van der Waals surface area (Å²) < 4.78 is 5.60. The normalized spacial score (nSPS) is 8.88. The van der Waals surface area contributed by atoms with Gasteiger partial charge in [-0.2, -0.15) is 0 Å². The number of ether oxygens (including phenoxy) is 1. The minimum atomic E-state index is 0. The summed E-state index contributed by atoms with van der Waals surface area (Å²) in [6.07, 6.45) is 6.96. The van der Waals surface area contributed by atoms with Gasteiger partial charge in [0.1, 0.15) is 12.4 Å². The zero-order valence-electron chi connectivity index (χ0n) is 9.11. The Morgan fingerprint density at radius 2 is 1.59 bits per heavy atom. The van der Waals surface area contributed by atoms with Gasteiger partial charge in [0.25, 0.3) is 0 Å². The third kappa shape index (κ3) is 4.00. The van der Waals surface area contributed by atoms with Gasteiger partial charge in [0.2, 0.25) is 0 Å². The van der Waals surface area contributed by atoms with E-state index < -0.39 is 0 Å². The quantitative estimate of drug-likeness (QED) is 0.473. The van der Waals surface area contributed by atoms with Crippen molar-refractivity contribution in [3.63, 3.8) is 0 Å². The first-order chi connectivity index (χ1) is 7.88. The number of benzene rings is 2. The van der Waals surface area contributed by atoms with Crippen LogP contribution in [0, 0.1) is 12.3 Å². The SMILES string of the molecule is [C-]#Cc1ccc(OCc2ccccc2)cc1.[Cu+]. The maximum absolute atomic E-state index is 6.96. The molecule has 0 aliphatic rings. The van der Waals surface area contributed by atoms with E-state index in [0.29, 0.717) is 6.61 Å². The van der Waals surface area contributed by atoms with Crippen molar-refractivity contribution in [1.82, 2.24) is 0 Å². The molecule has 0 unspecified atom stereocenters. The first-order valence-corrected chi connectivity index (χ1v) is 5.08. The second-order valence-corrected chi connectivity index (χ2v) is 3.42. The molecule has 0 aliphatic heterocycles. The molecule has 0 radical (unpaired) electrons. The van der Waals surface area contributed by atoms with Gasteiger partial charge in [-0.25, -0.2) is 0 Å². The molecule has 0 amide bonds. The van der Waals surface area contributed by atoms with Crippen LogP contribution in [-0.4, -0.2) is 0 Å². The van der Waals surface area contributed by atoms with Crippen molar-refractivity contribution in [2.75, 3.05) is 0 Å². The maximum atomic E-state index is 6.96. The van der Waals surface area contributed by atoms with Crippen molar-refractivity contribution in [1.29, 1.82) is 0 Å². The van der Waals surface area contributed by atoms with Crippen LogP contribution < -0.4 is 4.74 Å². The number of hydrogen-bond acceptors (Lipinski definition) is 1. The molecule has 0 bridgehead atoms. The van der Waals surface area contributed by atoms with E-state index in [1.807, 2.05) is 54.6 Å². The molecule has 17 heavy (non-hydrogen) atoms. The Hall–Kier alpha value is -1.68. The van der Waals surface area contributed by atoms with Gasteiger partial charge >= 0.3 is 17.1 Å². The minimum Gasteiger partial charge on any atom is -0.489 e. The molecular weight excluding hydrogens is 260 g/mol. The molecular formula is C15H11CuO. The Morgan fingerprint density at radius 1 is 0.941 bits per heavy atom. The van der Waals surface area contributed by atoms with Gasteiger partial charge < -0.3 is 11.2 Å². The van der Waals surface area contributed by atoms with Crippen LogP contribution in [0.4, 0.5) is 0 Å². The standard InChI is InChI=1S/C15H11O.Cu/c1-2-13-8-10-15(11-9-13)16-12-14-6-4-3-5-7-14;/h3-11H,12H2;/q-1;+1. The van der Waals surface area contributed by atoms with Gasteiger partial charge in [-0.05, 0) is 17.7 Å². The number of hydrogen-bond donors (Lipinski definition) is 0. The molecule has 88 valence electrons. The Kier molecular flexibility index (Phi) is 5.36. The third-order valence-electron chi connectivity index (χ3n) is 2.25. The summed E-state index contributed by atoms with van der Waals surface area (Å²) in [6.45, 7) is 0.564. The molecule has 2 rings (SSSR count). The molecule has 1 nitrogen and oxygen atoms in total. The summed E-state index contributed by atoms with van der Waals surface area (Å²) in [7, 11) is 0. The van der Waals surface area contributed by atoms with Gasteiger partial charge in [-0.15, -0.1) is 17.7 Å². The molecule has 0 aliphatic carbocycles. The molecule has 0 heterocycles. The fourth-order valence-electron chi connectivity index (χ4n) is 1.38. The van der Waals surface area contributed by atoms with E-state index in [1.165, 1.54) is 0 Å². The summed E-state index contributed by atoms with van der Waals surface area (Å²) in [5.41, 5.74) is 1.90. The predicted octanol–water partition coefficient (Wildman–Crippen LogP) is 3.20. The van der Waals surface area contributed by atoms with Gasteiger partial charge in [0.15, 0.2) is 0 Å². The monoisotopic (exact) mass is 270 g/mol. The van der Waals surface area contributed by atoms with E-state index in [4.69, 9.17) is 11.2 Å². The number of rotatable bonds is 3. The van der Waals surface area contributed by atoms with Crippen LogP contribution in [0.5, 0.6) is 5.75 Å². The van der Waals surface area contributed by atoms with E-state index >= 15 is 0 Å². The fourth-order valence-corrected chi connectivity index (χ4v) is 1.38. The van der Waals surface area contributed by atoms with Crippen LogP contribution in [-0.2, 0) is 23.7 Å². The van der Waals surface area contributed by atoms with E-state index in [1.54, 1.807) is 0 Å². The largest absolute Gasteiger partial charge is 1.00 e. The second-order valence-electron chi connectivity index (χ2n) is 3.42. The van der Waals surface area contributed by atoms with Gasteiger partial charge in [-0.1, -0.05) is 30.3 Å². The summed E-state index contributed by atoms with van der Waals surface area (Å²) in [5.74, 6) is 3.13. The van der Waals surface area contributed by atoms with Gasteiger partial charge in [0, 0.05) is 0 Å². The molecule has 2 aromatic carbocycles. The molecule has 0 N–H and O–H groups in total. The van der Waals surface area contributed by atoms with E-state index in [-0.39, 0.29) is 17.1 Å². The average Bonchev–Trinajstić information content (AvgIpc) is 2.38. The van der Waals surface area contributed by atoms with Crippen LogP contribution >= 0.6 is 0 Å². The Bertz CT molecular complexity index is 483. The first kappa shape index (κ1) is 13.4. The molecule has 0 spiro atoms. The van der Waals surface area contributed by atoms with Crippen molar-refractivity contribution in [3.8, 4) is 11.7 Å². The first-order valence-electron chi connectivity index (χ1n) is 5.08. The Labute approximate surface area is 112 Å². The third-order valence-corrected chi connectivity index (χ3v) is 2.25. The molecule has 2 aromatic rings. The van der Waals surface area contributed by atoms with Crippen molar-refractivity contribution >= 4 is 0 Å². The van der Waals surface area contributed by atoms with Crippen LogP contribution in [0.15, 0.2) is 54.6 Å². The molecule has 0 saturated carbocycles. The summed E-state index contributed by atoms with van der Waals surface area (Å²) >= 11 is 0. The van der Waals surface area contributed by atoms with Crippen molar-refractivity contribution in [2.45, 2.75) is 6.61 Å². The topological polar surface area (TPSA) is 9.23 Å². The fraction of sp³-hybridized carbons (Fsp3) is 0.0667. The van der Waals surface area contributed by atoms with E-state index in [9.17, 15) is 0 Å². The van der Waals surface area contributed by atoms with Gasteiger partial charge in [-0.3, -0.25) is 5.92 Å². The maximum Gasteiger partial charge on any atom is 1.00 e. The average molecular weight is 271 g/mol. The van der Waals surface area contributed by atoms with Gasteiger partial charge in [0.05, 0.1) is 0 Å². The van der Waals surface area contributed by atoms with Crippen molar-refractivity contribution in [3.05, 3.63) is 72.1 Å². The smallest absolute Gasteiger partial charge is 0.489 e. The molecule has 0 saturated heterocycles. The van der Waals surface area contributed by atoms with E-state index in [0.717, 1.165) is 16.9 Å². The predicted molar refractivity (Wildman–Crippen MR) is 63.4 cm³/mol. The van der Waals surface area contributed by atoms with Crippen LogP contribution in [0.2, 0.25) is 0 Å². The van der Waals surface area contributed by atoms with Crippen LogP contribution in [0.1, 0.15) is 11.1 Å². The van der Waals surface area contributed by atoms with E-state index in [2.05, 4.69) is 5.92 Å². The Balaban J connectivity index is 0.00000144. The van der Waals surface area contributed by atoms with Crippen molar-refractivity contribution < 1.29 is 21.8 Å². The van der Waals surface area contributed by atoms with Crippen molar-refractivity contribution in [2.24, 2.45) is 0 Å². The summed E-state index contributed by atoms with van der Waals surface area (Å²) in [5, 5.41) is 0. The molecule has 0 fully saturated rings. The molecule has 2 heteroatoms. The van der Waals surface area contributed by atoms with Crippen LogP contribution in [0.25, 0.3) is 0 Å². The molecule has 0 aromatic heterocycles. The molecule has 0 atom stereocenters. The summed E-state index contributed by atoms with van der Waals surface area (Å²) in [6, 6.07) is 17.3. The van der Waals surface area contributed by atoms with Crippen LogP contribution in [0.3, 0.4) is 0 Å². The minimum absolute atomic E-state index is 0. The summed E-state index contributed by atoms with van der Waals surface area (Å²) in [4.78, 5) is 0. The zero-order valence-corrected chi connectivity index (χ0v) is 10.1. The zero-order chi connectivity index (χ0) is 11.2. The Morgan fingerprint density at radius 3 is 2.18 bits per heavy atom.